The molecule has 0 N–H and O–H groups in total. The van der Waals surface area contributed by atoms with E-state index in [-0.39, 0.29) is 11.7 Å². The van der Waals surface area contributed by atoms with Gasteiger partial charge in [-0.25, -0.2) is 14.4 Å². The third-order valence-corrected chi connectivity index (χ3v) is 4.84. The van der Waals surface area contributed by atoms with E-state index in [4.69, 9.17) is 0 Å². The van der Waals surface area contributed by atoms with Gasteiger partial charge >= 0.3 is 0 Å². The number of carbonyl (C=O) groups is 1. The predicted molar refractivity (Wildman–Crippen MR) is 89.6 cm³/mol. The molecule has 2 aliphatic rings. The minimum atomic E-state index is -0.315. The Labute approximate surface area is 140 Å². The number of nitrogens with zero attached hydrogens (tertiary/aromatic N) is 4. The number of halogens is 1. The molecule has 0 radical (unpaired) electrons. The largest absolute Gasteiger partial charge is 0.341 e. The number of fused-ring (bicyclic) bond motifs is 1. The third kappa shape index (κ3) is 2.62. The molecule has 1 aromatic heterocycles. The molecule has 1 amide bonds. The number of anilines is 2. The summed E-state index contributed by atoms with van der Waals surface area (Å²) in [4.78, 5) is 25.4. The van der Waals surface area contributed by atoms with Crippen LogP contribution in [0, 0.1) is 11.7 Å². The Morgan fingerprint density at radius 3 is 2.58 bits per heavy atom. The van der Waals surface area contributed by atoms with Gasteiger partial charge in [-0.15, -0.1) is 0 Å². The van der Waals surface area contributed by atoms with Crippen LogP contribution in [0.5, 0.6) is 0 Å². The number of amides is 1. The number of hydrogen-bond donors (Lipinski definition) is 0. The first-order valence-corrected chi connectivity index (χ1v) is 8.30. The van der Waals surface area contributed by atoms with Crippen molar-refractivity contribution in [3.8, 4) is 0 Å². The van der Waals surface area contributed by atoms with Gasteiger partial charge in [0.25, 0.3) is 5.91 Å². The zero-order valence-electron chi connectivity index (χ0n) is 13.6. The van der Waals surface area contributed by atoms with Crippen molar-refractivity contribution in [2.45, 2.75) is 26.3 Å². The molecule has 6 heteroatoms. The molecule has 1 fully saturated rings. The van der Waals surface area contributed by atoms with E-state index in [2.05, 4.69) is 21.8 Å². The van der Waals surface area contributed by atoms with Crippen LogP contribution in [-0.2, 0) is 6.54 Å². The van der Waals surface area contributed by atoms with Crippen molar-refractivity contribution in [1.82, 2.24) is 9.97 Å². The molecule has 5 nitrogen and oxygen atoms in total. The Hall–Kier alpha value is -2.50. The maximum Gasteiger partial charge on any atom is 0.262 e. The van der Waals surface area contributed by atoms with Crippen molar-refractivity contribution in [1.29, 1.82) is 0 Å². The summed E-state index contributed by atoms with van der Waals surface area (Å²) in [7, 11) is 0. The first-order valence-electron chi connectivity index (χ1n) is 8.30. The van der Waals surface area contributed by atoms with Gasteiger partial charge < -0.3 is 9.80 Å². The van der Waals surface area contributed by atoms with Gasteiger partial charge in [-0.2, -0.15) is 0 Å². The molecule has 2 aromatic rings. The average Bonchev–Trinajstić information content (AvgIpc) is 2.92. The number of piperidine rings is 1. The molecule has 0 bridgehead atoms. The van der Waals surface area contributed by atoms with E-state index in [9.17, 15) is 9.18 Å². The van der Waals surface area contributed by atoms with Crippen LogP contribution in [0.3, 0.4) is 0 Å². The zero-order valence-corrected chi connectivity index (χ0v) is 13.6. The molecule has 3 heterocycles. The Kier molecular flexibility index (Phi) is 3.67. The van der Waals surface area contributed by atoms with Gasteiger partial charge in [0.1, 0.15) is 5.82 Å². The molecule has 0 unspecified atom stereocenters. The maximum atomic E-state index is 13.1. The lowest BCUT2D eigenvalue weighted by Crippen LogP contribution is -2.34. The summed E-state index contributed by atoms with van der Waals surface area (Å²) < 4.78 is 13.1. The highest BCUT2D eigenvalue weighted by molar-refractivity contribution is 6.09. The average molecular weight is 326 g/mol. The summed E-state index contributed by atoms with van der Waals surface area (Å²) in [5.41, 5.74) is 1.95. The minimum Gasteiger partial charge on any atom is -0.341 e. The maximum absolute atomic E-state index is 13.1. The monoisotopic (exact) mass is 326 g/mol. The molecule has 1 saturated heterocycles. The molecule has 24 heavy (non-hydrogen) atoms. The van der Waals surface area contributed by atoms with Crippen LogP contribution in [0.1, 0.15) is 35.8 Å². The highest BCUT2D eigenvalue weighted by atomic mass is 19.1. The molecule has 0 saturated carbocycles. The fraction of sp³-hybridized carbons (Fsp3) is 0.389. The summed E-state index contributed by atoms with van der Waals surface area (Å²) in [5.74, 6) is 1.00. The summed E-state index contributed by atoms with van der Waals surface area (Å²) in [5, 5.41) is 0. The van der Waals surface area contributed by atoms with Gasteiger partial charge in [0, 0.05) is 25.0 Å². The number of carbonyl (C=O) groups excluding carboxylic acids is 1. The van der Waals surface area contributed by atoms with Crippen LogP contribution < -0.4 is 9.80 Å². The van der Waals surface area contributed by atoms with Crippen LogP contribution >= 0.6 is 0 Å². The van der Waals surface area contributed by atoms with E-state index in [1.54, 1.807) is 23.2 Å². The molecular weight excluding hydrogens is 307 g/mol. The van der Waals surface area contributed by atoms with Crippen molar-refractivity contribution in [2.24, 2.45) is 5.92 Å². The van der Waals surface area contributed by atoms with E-state index >= 15 is 0 Å². The number of hydrogen-bond acceptors (Lipinski definition) is 4. The minimum absolute atomic E-state index is 0.129. The third-order valence-electron chi connectivity index (χ3n) is 4.84. The number of benzene rings is 1. The van der Waals surface area contributed by atoms with E-state index in [1.807, 2.05) is 0 Å². The topological polar surface area (TPSA) is 49.3 Å². The molecular formula is C18H19FN4O. The summed E-state index contributed by atoms with van der Waals surface area (Å²) in [6, 6.07) is 5.94. The molecule has 2 aliphatic heterocycles. The second-order valence-electron chi connectivity index (χ2n) is 6.57. The smallest absolute Gasteiger partial charge is 0.262 e. The number of aromatic nitrogens is 2. The van der Waals surface area contributed by atoms with Crippen LogP contribution in [0.25, 0.3) is 0 Å². The lowest BCUT2D eigenvalue weighted by molar-refractivity contribution is 0.0996. The summed E-state index contributed by atoms with van der Waals surface area (Å²) in [6.07, 6.45) is 3.91. The fourth-order valence-electron chi connectivity index (χ4n) is 3.26. The SMILES string of the molecule is CC1CCN(c2ncc3c(n2)CN(c2ccc(F)cc2)C3=O)CC1. The molecule has 4 rings (SSSR count). The summed E-state index contributed by atoms with van der Waals surface area (Å²) >= 11 is 0. The molecule has 1 aromatic carbocycles. The van der Waals surface area contributed by atoms with Crippen LogP contribution in [0.4, 0.5) is 16.0 Å². The Balaban J connectivity index is 1.58. The van der Waals surface area contributed by atoms with Gasteiger partial charge in [0.2, 0.25) is 5.95 Å². The lowest BCUT2D eigenvalue weighted by atomic mass is 10.00. The van der Waals surface area contributed by atoms with E-state index < -0.39 is 0 Å². The Morgan fingerprint density at radius 2 is 1.88 bits per heavy atom. The van der Waals surface area contributed by atoms with E-state index in [0.29, 0.717) is 23.7 Å². The van der Waals surface area contributed by atoms with Crippen molar-refractivity contribution < 1.29 is 9.18 Å². The van der Waals surface area contributed by atoms with Crippen molar-refractivity contribution in [2.75, 3.05) is 22.9 Å². The zero-order chi connectivity index (χ0) is 16.7. The first-order chi connectivity index (χ1) is 11.6. The Bertz CT molecular complexity index is 769. The fourth-order valence-corrected chi connectivity index (χ4v) is 3.26. The highest BCUT2D eigenvalue weighted by Gasteiger charge is 2.31. The molecule has 0 aliphatic carbocycles. The molecule has 0 atom stereocenters. The van der Waals surface area contributed by atoms with Crippen molar-refractivity contribution in [3.63, 3.8) is 0 Å². The second-order valence-corrected chi connectivity index (χ2v) is 6.57. The van der Waals surface area contributed by atoms with Gasteiger partial charge in [0.15, 0.2) is 0 Å². The van der Waals surface area contributed by atoms with Crippen LogP contribution in [0.2, 0.25) is 0 Å². The molecule has 124 valence electrons. The standard InChI is InChI=1S/C18H19FN4O/c1-12-6-8-22(9-7-12)18-20-10-15-16(21-18)11-23(17(15)24)14-4-2-13(19)3-5-14/h2-5,10,12H,6-9,11H2,1H3. The highest BCUT2D eigenvalue weighted by Crippen LogP contribution is 2.28. The molecule has 0 spiro atoms. The number of rotatable bonds is 2. The van der Waals surface area contributed by atoms with E-state index in [1.165, 1.54) is 12.1 Å². The lowest BCUT2D eigenvalue weighted by Gasteiger charge is -2.30. The van der Waals surface area contributed by atoms with Crippen molar-refractivity contribution in [3.05, 3.63) is 47.5 Å². The quantitative estimate of drug-likeness (QED) is 0.851. The van der Waals surface area contributed by atoms with Crippen LogP contribution in [-0.4, -0.2) is 29.0 Å². The van der Waals surface area contributed by atoms with Crippen LogP contribution in [0.15, 0.2) is 30.5 Å². The normalized spacial score (nSPS) is 18.2. The van der Waals surface area contributed by atoms with Crippen molar-refractivity contribution >= 4 is 17.5 Å². The van der Waals surface area contributed by atoms with E-state index in [0.717, 1.165) is 37.5 Å². The predicted octanol–water partition coefficient (Wildman–Crippen LogP) is 3.01. The van der Waals surface area contributed by atoms with Gasteiger partial charge in [0.05, 0.1) is 17.8 Å². The summed E-state index contributed by atoms with van der Waals surface area (Å²) in [6.45, 7) is 4.57. The van der Waals surface area contributed by atoms with Gasteiger partial charge in [-0.3, -0.25) is 4.79 Å². The van der Waals surface area contributed by atoms with Gasteiger partial charge in [-0.1, -0.05) is 6.92 Å². The second kappa shape index (κ2) is 5.85. The van der Waals surface area contributed by atoms with Gasteiger partial charge in [-0.05, 0) is 43.0 Å². The Morgan fingerprint density at radius 1 is 1.17 bits per heavy atom. The first kappa shape index (κ1) is 15.1.